The minimum absolute atomic E-state index is 0.296. The largest absolute Gasteiger partial charge is 0.321 e. The average molecular weight is 324 g/mol. The van der Waals surface area contributed by atoms with Crippen molar-refractivity contribution in [1.29, 1.82) is 0 Å². The number of hydrogen-bond donors (Lipinski definition) is 2. The van der Waals surface area contributed by atoms with E-state index in [9.17, 15) is 0 Å². The van der Waals surface area contributed by atoms with Crippen LogP contribution in [0.4, 0.5) is 0 Å². The minimum atomic E-state index is -2.33. The number of rotatable bonds is 0. The zero-order chi connectivity index (χ0) is 11.2. The molecule has 0 N–H and O–H groups in total. The smallest absolute Gasteiger partial charge is 0.244 e. The Kier molecular flexibility index (Phi) is 3.98. The summed E-state index contributed by atoms with van der Waals surface area (Å²) in [7, 11) is 0. The maximum Gasteiger partial charge on any atom is 0.244 e. The first-order chi connectivity index (χ1) is 6.83. The Labute approximate surface area is 109 Å². The number of thiol groups is 2. The van der Waals surface area contributed by atoms with Crippen LogP contribution in [0.25, 0.3) is 0 Å². The monoisotopic (exact) mass is 324 g/mol. The third-order valence-electron chi connectivity index (χ3n) is 2.14. The van der Waals surface area contributed by atoms with Gasteiger partial charge in [0.05, 0.1) is 31.8 Å². The van der Waals surface area contributed by atoms with Crippen molar-refractivity contribution in [3.8, 4) is 0 Å². The molecule has 2 aliphatic rings. The van der Waals surface area contributed by atoms with Gasteiger partial charge in [0, 0.05) is 0 Å². The Morgan fingerprint density at radius 3 is 1.33 bits per heavy atom. The first-order valence-electron chi connectivity index (χ1n) is 4.06. The van der Waals surface area contributed by atoms with Crippen LogP contribution in [0.3, 0.4) is 0 Å². The molecule has 0 aromatic heterocycles. The highest BCUT2D eigenvalue weighted by Gasteiger charge is 2.44. The maximum atomic E-state index is 5.39. The second-order valence-electron chi connectivity index (χ2n) is 3.53. The molecule has 2 rings (SSSR count). The van der Waals surface area contributed by atoms with E-state index in [4.69, 9.17) is 41.7 Å². The first-order valence-corrected chi connectivity index (χ1v) is 11.6. The van der Waals surface area contributed by atoms with E-state index < -0.39 is 11.4 Å². The van der Waals surface area contributed by atoms with Crippen molar-refractivity contribution >= 4 is 59.5 Å². The molecule has 15 heavy (non-hydrogen) atoms. The lowest BCUT2D eigenvalue weighted by Crippen LogP contribution is -2.44. The molecule has 0 radical (unpaired) electrons. The molecule has 0 aliphatic carbocycles. The fraction of sp³-hybridized carbons (Fsp3) is 1.00. The summed E-state index contributed by atoms with van der Waals surface area (Å²) in [6, 6.07) is 0. The van der Waals surface area contributed by atoms with Gasteiger partial charge in [-0.3, -0.25) is 0 Å². The molecule has 2 aliphatic heterocycles. The minimum Gasteiger partial charge on any atom is -0.321 e. The van der Waals surface area contributed by atoms with Crippen molar-refractivity contribution in [2.75, 3.05) is 26.4 Å². The molecule has 0 saturated carbocycles. The van der Waals surface area contributed by atoms with Crippen LogP contribution in [0, 0.1) is 5.41 Å². The lowest BCUT2D eigenvalue weighted by molar-refractivity contribution is -0.0483. The SMILES string of the molecule is S=P1(S)OCC2(CO1)COP(=S)(S)OC2. The van der Waals surface area contributed by atoms with Crippen LogP contribution in [-0.2, 0) is 41.7 Å². The van der Waals surface area contributed by atoms with Gasteiger partial charge in [-0.05, 0) is 23.6 Å². The molecular weight excluding hydrogens is 314 g/mol. The average Bonchev–Trinajstić information content (AvgIpc) is 2.15. The van der Waals surface area contributed by atoms with Gasteiger partial charge in [-0.25, -0.2) is 0 Å². The van der Waals surface area contributed by atoms with Crippen LogP contribution in [0.5, 0.6) is 0 Å². The molecule has 0 atom stereocenters. The van der Waals surface area contributed by atoms with E-state index in [2.05, 4.69) is 24.5 Å². The summed E-state index contributed by atoms with van der Waals surface area (Å²) in [4.78, 5) is 0. The standard InChI is InChI=1S/C5H10O4P2S4/c12-10(13)6-1-5(2-7-10)3-8-11(14,15)9-4-5/h1-4H2,(H,12,13)(H,14,15). The van der Waals surface area contributed by atoms with Crippen LogP contribution in [-0.4, -0.2) is 26.4 Å². The topological polar surface area (TPSA) is 36.9 Å². The Hall–Kier alpha value is 1.84. The summed E-state index contributed by atoms with van der Waals surface area (Å²) in [5.41, 5.74) is -4.96. The first kappa shape index (κ1) is 13.3. The van der Waals surface area contributed by atoms with E-state index in [0.717, 1.165) is 0 Å². The quantitative estimate of drug-likeness (QED) is 0.526. The molecule has 0 amide bonds. The predicted octanol–water partition coefficient (Wildman–Crippen LogP) is 2.38. The van der Waals surface area contributed by atoms with Gasteiger partial charge in [0.15, 0.2) is 0 Å². The lowest BCUT2D eigenvalue weighted by Gasteiger charge is -2.43. The second-order valence-corrected chi connectivity index (χ2v) is 14.1. The second kappa shape index (κ2) is 4.50. The van der Waals surface area contributed by atoms with Crippen LogP contribution in [0.1, 0.15) is 0 Å². The van der Waals surface area contributed by atoms with Crippen LogP contribution >= 0.6 is 35.9 Å². The zero-order valence-corrected chi connectivity index (χ0v) is 12.8. The summed E-state index contributed by atoms with van der Waals surface area (Å²) in [5, 5.41) is 0. The van der Waals surface area contributed by atoms with Crippen molar-refractivity contribution in [2.45, 2.75) is 0 Å². The van der Waals surface area contributed by atoms with Gasteiger partial charge in [-0.2, -0.15) is 0 Å². The highest BCUT2D eigenvalue weighted by Crippen LogP contribution is 2.62. The molecule has 2 fully saturated rings. The Bertz CT molecular complexity index is 299. The fourth-order valence-corrected chi connectivity index (χ4v) is 4.42. The van der Waals surface area contributed by atoms with Gasteiger partial charge in [-0.15, -0.1) is 0 Å². The molecule has 88 valence electrons. The summed E-state index contributed by atoms with van der Waals surface area (Å²) >= 11 is 18.3. The van der Waals surface area contributed by atoms with Crippen molar-refractivity contribution in [3.05, 3.63) is 0 Å². The van der Waals surface area contributed by atoms with Gasteiger partial charge < -0.3 is 18.1 Å². The fourth-order valence-electron chi connectivity index (χ4n) is 1.20. The molecule has 2 heterocycles. The van der Waals surface area contributed by atoms with Crippen LogP contribution < -0.4 is 0 Å². The van der Waals surface area contributed by atoms with E-state index in [1.165, 1.54) is 0 Å². The summed E-state index contributed by atoms with van der Waals surface area (Å²) in [6.45, 7) is 1.77. The summed E-state index contributed by atoms with van der Waals surface area (Å²) in [5.74, 6) is 0. The molecular formula is C5H10O4P2S4. The van der Waals surface area contributed by atoms with Crippen molar-refractivity contribution in [3.63, 3.8) is 0 Å². The zero-order valence-electron chi connectivity index (χ0n) is 7.57. The molecule has 0 aromatic rings. The Balaban J connectivity index is 2.01. The normalized spacial score (nSPS) is 51.9. The summed E-state index contributed by atoms with van der Waals surface area (Å²) < 4.78 is 21.6. The van der Waals surface area contributed by atoms with E-state index in [1.54, 1.807) is 0 Å². The molecule has 4 nitrogen and oxygen atoms in total. The maximum absolute atomic E-state index is 5.39. The van der Waals surface area contributed by atoms with Crippen molar-refractivity contribution in [1.82, 2.24) is 0 Å². The van der Waals surface area contributed by atoms with Crippen LogP contribution in [0.2, 0.25) is 0 Å². The van der Waals surface area contributed by atoms with E-state index >= 15 is 0 Å². The van der Waals surface area contributed by atoms with Crippen LogP contribution in [0.15, 0.2) is 0 Å². The van der Waals surface area contributed by atoms with Gasteiger partial charge >= 0.3 is 0 Å². The third-order valence-corrected chi connectivity index (χ3v) is 6.61. The molecule has 0 unspecified atom stereocenters. The van der Waals surface area contributed by atoms with Crippen molar-refractivity contribution < 1.29 is 18.1 Å². The molecule has 1 spiro atoms. The van der Waals surface area contributed by atoms with Gasteiger partial charge in [0.25, 0.3) is 0 Å². The Morgan fingerprint density at radius 2 is 1.07 bits per heavy atom. The molecule has 10 heteroatoms. The predicted molar refractivity (Wildman–Crippen MR) is 72.8 cm³/mol. The highest BCUT2D eigenvalue weighted by molar-refractivity contribution is 8.60. The molecule has 0 aromatic carbocycles. The molecule has 0 bridgehead atoms. The summed E-state index contributed by atoms with van der Waals surface area (Å²) in [6.07, 6.45) is 0. The highest BCUT2D eigenvalue weighted by atomic mass is 32.9. The van der Waals surface area contributed by atoms with Gasteiger partial charge in [-0.1, -0.05) is 24.5 Å². The molecule has 2 saturated heterocycles. The lowest BCUT2D eigenvalue weighted by atomic mass is 9.93. The Morgan fingerprint density at radius 1 is 0.800 bits per heavy atom. The van der Waals surface area contributed by atoms with Gasteiger partial charge in [0.2, 0.25) is 11.4 Å². The van der Waals surface area contributed by atoms with E-state index in [1.807, 2.05) is 0 Å². The van der Waals surface area contributed by atoms with Crippen molar-refractivity contribution in [2.24, 2.45) is 5.41 Å². The van der Waals surface area contributed by atoms with E-state index in [-0.39, 0.29) is 5.41 Å². The number of hydrogen-bond acceptors (Lipinski definition) is 6. The van der Waals surface area contributed by atoms with Gasteiger partial charge in [0.1, 0.15) is 0 Å². The third kappa shape index (κ3) is 3.41. The van der Waals surface area contributed by atoms with E-state index in [0.29, 0.717) is 26.4 Å².